The van der Waals surface area contributed by atoms with Crippen molar-refractivity contribution in [3.05, 3.63) is 100 Å². The largest absolute Gasteiger partial charge is 0.325 e. The van der Waals surface area contributed by atoms with Gasteiger partial charge in [-0.3, -0.25) is 24.2 Å². The van der Waals surface area contributed by atoms with Gasteiger partial charge in [0.1, 0.15) is 12.4 Å². The first kappa shape index (κ1) is 30.0. The van der Waals surface area contributed by atoms with E-state index in [-0.39, 0.29) is 42.3 Å². The van der Waals surface area contributed by atoms with Crippen molar-refractivity contribution in [2.75, 3.05) is 18.5 Å². The van der Waals surface area contributed by atoms with E-state index in [1.54, 1.807) is 77.7 Å². The molecule has 45 heavy (non-hydrogen) atoms. The molecule has 1 fully saturated rings. The second-order valence-electron chi connectivity index (χ2n) is 11.3. The van der Waals surface area contributed by atoms with Crippen molar-refractivity contribution in [2.45, 2.75) is 38.6 Å². The minimum absolute atomic E-state index is 0.00864. The highest BCUT2D eigenvalue weighted by Crippen LogP contribution is 2.36. The number of anilines is 1. The average molecular weight is 624 g/mol. The zero-order chi connectivity index (χ0) is 31.7. The Balaban J connectivity index is 1.34. The standard InChI is InChI=1S/C33H30ClN7O4/c1-20(42)22-5-3-21(4-6-22)15-30(43)32-27-17-26(39(2)33(45)23-7-8-23)18-35-28(27)13-14-40(32)31(44)12-9-24-16-25(34)10-11-29(24)41-19-36-37-38-41/h3-6,9-12,16-19,23,32H,7-8,13-15H2,1-2H3/b12-9+. The molecule has 1 atom stereocenters. The van der Waals surface area contributed by atoms with E-state index < -0.39 is 6.04 Å². The number of carbonyl (C=O) groups is 4. The molecule has 228 valence electrons. The number of rotatable bonds is 9. The highest BCUT2D eigenvalue weighted by molar-refractivity contribution is 6.30. The first-order valence-electron chi connectivity index (χ1n) is 14.6. The molecule has 6 rings (SSSR count). The number of ketones is 2. The number of halogens is 1. The number of hydrogen-bond donors (Lipinski definition) is 0. The maximum atomic E-state index is 14.1. The molecule has 12 heteroatoms. The number of fused-ring (bicyclic) bond motifs is 1. The molecule has 11 nitrogen and oxygen atoms in total. The molecule has 0 bridgehead atoms. The van der Waals surface area contributed by atoms with Gasteiger partial charge in [0.05, 0.1) is 17.6 Å². The van der Waals surface area contributed by atoms with Crippen LogP contribution in [0.4, 0.5) is 5.69 Å². The van der Waals surface area contributed by atoms with E-state index >= 15 is 0 Å². The molecule has 1 saturated carbocycles. The first-order valence-corrected chi connectivity index (χ1v) is 15.0. The Labute approximate surface area is 264 Å². The van der Waals surface area contributed by atoms with Crippen LogP contribution in [0.5, 0.6) is 0 Å². The lowest BCUT2D eigenvalue weighted by molar-refractivity contribution is -0.136. The van der Waals surface area contributed by atoms with E-state index in [9.17, 15) is 19.2 Å². The van der Waals surface area contributed by atoms with Crippen molar-refractivity contribution >= 4 is 46.7 Å². The number of amides is 2. The fourth-order valence-electron chi connectivity index (χ4n) is 5.52. The number of tetrazole rings is 1. The molecule has 2 aromatic carbocycles. The Bertz CT molecular complexity index is 1820. The molecule has 0 radical (unpaired) electrons. The zero-order valence-electron chi connectivity index (χ0n) is 24.8. The van der Waals surface area contributed by atoms with Crippen LogP contribution in [0, 0.1) is 5.92 Å². The zero-order valence-corrected chi connectivity index (χ0v) is 25.5. The first-order chi connectivity index (χ1) is 21.7. The van der Waals surface area contributed by atoms with Crippen molar-refractivity contribution in [1.29, 1.82) is 0 Å². The van der Waals surface area contributed by atoms with E-state index in [0.29, 0.717) is 45.2 Å². The number of pyridine rings is 1. The second kappa shape index (κ2) is 12.5. The Kier molecular flexibility index (Phi) is 8.36. The summed E-state index contributed by atoms with van der Waals surface area (Å²) >= 11 is 6.26. The van der Waals surface area contributed by atoms with Gasteiger partial charge in [0.25, 0.3) is 0 Å². The lowest BCUT2D eigenvalue weighted by Gasteiger charge is -2.36. The van der Waals surface area contributed by atoms with Gasteiger partial charge >= 0.3 is 0 Å². The average Bonchev–Trinajstić information content (AvgIpc) is 3.76. The van der Waals surface area contributed by atoms with Crippen LogP contribution in [0.1, 0.15) is 58.5 Å². The van der Waals surface area contributed by atoms with Gasteiger partial charge in [-0.2, -0.15) is 4.68 Å². The minimum atomic E-state index is -0.936. The quantitative estimate of drug-likeness (QED) is 0.200. The summed E-state index contributed by atoms with van der Waals surface area (Å²) in [6, 6.07) is 12.9. The fraction of sp³-hybridized carbons (Fsp3) is 0.273. The third kappa shape index (κ3) is 6.44. The summed E-state index contributed by atoms with van der Waals surface area (Å²) in [5, 5.41) is 11.8. The highest BCUT2D eigenvalue weighted by Gasteiger charge is 2.37. The van der Waals surface area contributed by atoms with Crippen LogP contribution in [0.15, 0.2) is 67.1 Å². The van der Waals surface area contributed by atoms with Crippen molar-refractivity contribution in [3.8, 4) is 5.69 Å². The van der Waals surface area contributed by atoms with E-state index in [4.69, 9.17) is 11.6 Å². The van der Waals surface area contributed by atoms with E-state index in [0.717, 1.165) is 18.4 Å². The Morgan fingerprint density at radius 1 is 1.07 bits per heavy atom. The van der Waals surface area contributed by atoms with Gasteiger partial charge in [0, 0.05) is 65.8 Å². The topological polar surface area (TPSA) is 131 Å². The predicted molar refractivity (Wildman–Crippen MR) is 167 cm³/mol. The SMILES string of the molecule is CC(=O)c1ccc(CC(=O)C2c3cc(N(C)C(=O)C4CC4)cnc3CCN2C(=O)/C=C/c2cc(Cl)ccc2-n2cnnn2)cc1. The molecule has 2 aromatic heterocycles. The van der Waals surface area contributed by atoms with Gasteiger partial charge in [0.15, 0.2) is 11.6 Å². The summed E-state index contributed by atoms with van der Waals surface area (Å²) in [6.07, 6.45) is 8.33. The number of nitrogens with zero attached hydrogens (tertiary/aromatic N) is 7. The van der Waals surface area contributed by atoms with E-state index in [1.165, 1.54) is 24.0 Å². The van der Waals surface area contributed by atoms with Gasteiger partial charge in [-0.05, 0) is 66.1 Å². The maximum absolute atomic E-state index is 14.1. The number of aromatic nitrogens is 5. The molecule has 0 spiro atoms. The summed E-state index contributed by atoms with van der Waals surface area (Å²) in [4.78, 5) is 60.3. The van der Waals surface area contributed by atoms with Crippen LogP contribution in [0.25, 0.3) is 11.8 Å². The summed E-state index contributed by atoms with van der Waals surface area (Å²) in [5.41, 5.74) is 4.38. The number of hydrogen-bond acceptors (Lipinski definition) is 8. The van der Waals surface area contributed by atoms with Gasteiger partial charge in [-0.25, -0.2) is 0 Å². The molecule has 1 aliphatic carbocycles. The van der Waals surface area contributed by atoms with E-state index in [2.05, 4.69) is 20.5 Å². The fourth-order valence-corrected chi connectivity index (χ4v) is 5.70. The van der Waals surface area contributed by atoms with Crippen LogP contribution in [0.2, 0.25) is 5.02 Å². The molecular weight excluding hydrogens is 594 g/mol. The predicted octanol–water partition coefficient (Wildman–Crippen LogP) is 4.24. The summed E-state index contributed by atoms with van der Waals surface area (Å²) < 4.78 is 1.47. The molecule has 0 N–H and O–H groups in total. The summed E-state index contributed by atoms with van der Waals surface area (Å²) in [7, 11) is 1.71. The molecule has 3 heterocycles. The Morgan fingerprint density at radius 2 is 1.84 bits per heavy atom. The molecule has 2 amide bonds. The van der Waals surface area contributed by atoms with Crippen molar-refractivity contribution in [1.82, 2.24) is 30.1 Å². The smallest absolute Gasteiger partial charge is 0.247 e. The second-order valence-corrected chi connectivity index (χ2v) is 11.7. The van der Waals surface area contributed by atoms with E-state index in [1.807, 2.05) is 0 Å². The molecular formula is C33H30ClN7O4. The Morgan fingerprint density at radius 3 is 2.53 bits per heavy atom. The maximum Gasteiger partial charge on any atom is 0.247 e. The minimum Gasteiger partial charge on any atom is -0.325 e. The molecule has 0 saturated heterocycles. The van der Waals surface area contributed by atoms with Gasteiger partial charge in [0.2, 0.25) is 11.8 Å². The molecule has 1 unspecified atom stereocenters. The van der Waals surface area contributed by atoms with Crippen molar-refractivity contribution < 1.29 is 19.2 Å². The Hall–Kier alpha value is -5.03. The van der Waals surface area contributed by atoms with Crippen molar-refractivity contribution in [3.63, 3.8) is 0 Å². The normalized spacial score (nSPS) is 16.0. The molecule has 4 aromatic rings. The third-order valence-electron chi connectivity index (χ3n) is 8.15. The lowest BCUT2D eigenvalue weighted by Crippen LogP contribution is -2.44. The summed E-state index contributed by atoms with van der Waals surface area (Å²) in [5.74, 6) is -0.628. The number of benzene rings is 2. The lowest BCUT2D eigenvalue weighted by atomic mass is 9.90. The molecule has 1 aliphatic heterocycles. The number of carbonyl (C=O) groups excluding carboxylic acids is 4. The van der Waals surface area contributed by atoms with Crippen LogP contribution >= 0.6 is 11.6 Å². The van der Waals surface area contributed by atoms with Gasteiger partial charge in [-0.1, -0.05) is 35.9 Å². The molecule has 2 aliphatic rings. The van der Waals surface area contributed by atoms with Crippen LogP contribution < -0.4 is 4.90 Å². The van der Waals surface area contributed by atoms with Crippen LogP contribution in [0.3, 0.4) is 0 Å². The van der Waals surface area contributed by atoms with Crippen LogP contribution in [-0.2, 0) is 27.2 Å². The summed E-state index contributed by atoms with van der Waals surface area (Å²) in [6.45, 7) is 1.76. The number of Topliss-reactive ketones (excluding diaryl/α,β-unsaturated/α-hetero) is 2. The van der Waals surface area contributed by atoms with Crippen LogP contribution in [-0.4, -0.2) is 67.1 Å². The van der Waals surface area contributed by atoms with Gasteiger partial charge < -0.3 is 9.80 Å². The monoisotopic (exact) mass is 623 g/mol. The highest BCUT2D eigenvalue weighted by atomic mass is 35.5. The third-order valence-corrected chi connectivity index (χ3v) is 8.38. The van der Waals surface area contributed by atoms with Gasteiger partial charge in [-0.15, -0.1) is 5.10 Å². The van der Waals surface area contributed by atoms with Crippen molar-refractivity contribution in [2.24, 2.45) is 5.92 Å².